The molecule has 23 heavy (non-hydrogen) atoms. The number of benzene rings is 1. The van der Waals surface area contributed by atoms with Crippen LogP contribution in [0.3, 0.4) is 0 Å². The summed E-state index contributed by atoms with van der Waals surface area (Å²) in [6, 6.07) is 6.77. The lowest BCUT2D eigenvalue weighted by atomic mass is 10.2. The van der Waals surface area contributed by atoms with Crippen LogP contribution >= 0.6 is 23.4 Å². The maximum atomic E-state index is 12.1. The monoisotopic (exact) mass is 349 g/mol. The second-order valence-electron chi connectivity index (χ2n) is 4.64. The Bertz CT molecular complexity index is 753. The van der Waals surface area contributed by atoms with E-state index in [2.05, 4.69) is 15.5 Å². The van der Waals surface area contributed by atoms with Gasteiger partial charge in [-0.05, 0) is 25.1 Å². The van der Waals surface area contributed by atoms with E-state index in [9.17, 15) is 4.79 Å². The van der Waals surface area contributed by atoms with E-state index >= 15 is 0 Å². The molecule has 0 spiro atoms. The number of aryl methyl sites for hydroxylation is 1. The van der Waals surface area contributed by atoms with Gasteiger partial charge in [-0.25, -0.2) is 0 Å². The molecule has 1 heterocycles. The standard InChI is InChI=1S/C15H16ClN5OS/c1-3-13-19-20-15(21(13)4-2)23-9-14(22)18-12-7-11(16)6-5-10(12)8-17/h5-7H,3-4,9H2,1-2H3,(H,18,22). The van der Waals surface area contributed by atoms with E-state index < -0.39 is 0 Å². The van der Waals surface area contributed by atoms with Crippen molar-refractivity contribution < 1.29 is 4.79 Å². The van der Waals surface area contributed by atoms with Gasteiger partial charge >= 0.3 is 0 Å². The van der Waals surface area contributed by atoms with E-state index in [1.54, 1.807) is 18.2 Å². The molecule has 0 aliphatic heterocycles. The predicted octanol–water partition coefficient (Wildman–Crippen LogP) is 3.12. The van der Waals surface area contributed by atoms with Gasteiger partial charge in [-0.3, -0.25) is 4.79 Å². The Morgan fingerprint density at radius 2 is 2.22 bits per heavy atom. The zero-order valence-electron chi connectivity index (χ0n) is 12.8. The number of thioether (sulfide) groups is 1. The summed E-state index contributed by atoms with van der Waals surface area (Å²) in [5.74, 6) is 0.855. The van der Waals surface area contributed by atoms with Crippen molar-refractivity contribution >= 4 is 35.0 Å². The van der Waals surface area contributed by atoms with Crippen molar-refractivity contribution in [3.05, 3.63) is 34.6 Å². The quantitative estimate of drug-likeness (QED) is 0.810. The number of nitriles is 1. The summed E-state index contributed by atoms with van der Waals surface area (Å²) < 4.78 is 1.98. The summed E-state index contributed by atoms with van der Waals surface area (Å²) in [4.78, 5) is 12.1. The van der Waals surface area contributed by atoms with Gasteiger partial charge in [0.15, 0.2) is 5.16 Å². The summed E-state index contributed by atoms with van der Waals surface area (Å²) in [7, 11) is 0. The largest absolute Gasteiger partial charge is 0.324 e. The van der Waals surface area contributed by atoms with Crippen LogP contribution in [0.25, 0.3) is 0 Å². The van der Waals surface area contributed by atoms with Gasteiger partial charge in [-0.15, -0.1) is 10.2 Å². The van der Waals surface area contributed by atoms with Gasteiger partial charge in [0.2, 0.25) is 5.91 Å². The number of halogens is 1. The number of carbonyl (C=O) groups excluding carboxylic acids is 1. The Morgan fingerprint density at radius 3 is 2.87 bits per heavy atom. The lowest BCUT2D eigenvalue weighted by molar-refractivity contribution is -0.113. The van der Waals surface area contributed by atoms with E-state index in [1.807, 2.05) is 24.5 Å². The fraction of sp³-hybridized carbons (Fsp3) is 0.333. The predicted molar refractivity (Wildman–Crippen MR) is 90.6 cm³/mol. The van der Waals surface area contributed by atoms with E-state index in [4.69, 9.17) is 16.9 Å². The molecule has 0 aliphatic rings. The fourth-order valence-electron chi connectivity index (χ4n) is 2.04. The number of nitrogens with zero attached hydrogens (tertiary/aromatic N) is 4. The molecule has 0 atom stereocenters. The van der Waals surface area contributed by atoms with Crippen LogP contribution in [0.1, 0.15) is 25.2 Å². The zero-order valence-corrected chi connectivity index (χ0v) is 14.4. The highest BCUT2D eigenvalue weighted by Crippen LogP contribution is 2.22. The van der Waals surface area contributed by atoms with Crippen molar-refractivity contribution in [2.45, 2.75) is 32.0 Å². The molecule has 0 radical (unpaired) electrons. The minimum Gasteiger partial charge on any atom is -0.324 e. The lowest BCUT2D eigenvalue weighted by Gasteiger charge is -2.08. The number of anilines is 1. The van der Waals surface area contributed by atoms with Gasteiger partial charge in [0, 0.05) is 18.0 Å². The maximum absolute atomic E-state index is 12.1. The average Bonchev–Trinajstić information content (AvgIpc) is 2.95. The Labute approximate surface area is 143 Å². The SMILES string of the molecule is CCc1nnc(SCC(=O)Nc2cc(Cl)ccc2C#N)n1CC. The van der Waals surface area contributed by atoms with E-state index in [0.717, 1.165) is 18.8 Å². The third-order valence-corrected chi connectivity index (χ3v) is 4.34. The first-order valence-corrected chi connectivity index (χ1v) is 8.49. The minimum absolute atomic E-state index is 0.180. The molecule has 120 valence electrons. The molecule has 0 bridgehead atoms. The molecule has 1 N–H and O–H groups in total. The highest BCUT2D eigenvalue weighted by molar-refractivity contribution is 7.99. The topological polar surface area (TPSA) is 83.6 Å². The van der Waals surface area contributed by atoms with Crippen LogP contribution in [0.2, 0.25) is 5.02 Å². The van der Waals surface area contributed by atoms with Crippen LogP contribution in [0.5, 0.6) is 0 Å². The molecular formula is C15H16ClN5OS. The Kier molecular flexibility index (Phi) is 6.02. The van der Waals surface area contributed by atoms with Crippen molar-refractivity contribution in [3.63, 3.8) is 0 Å². The first-order valence-electron chi connectivity index (χ1n) is 7.13. The van der Waals surface area contributed by atoms with Crippen LogP contribution in [0.15, 0.2) is 23.4 Å². The summed E-state index contributed by atoms with van der Waals surface area (Å²) in [5, 5.41) is 21.2. The smallest absolute Gasteiger partial charge is 0.234 e. The number of amides is 1. The Balaban J connectivity index is 2.03. The van der Waals surface area contributed by atoms with Gasteiger partial charge in [0.25, 0.3) is 0 Å². The van der Waals surface area contributed by atoms with Crippen LogP contribution in [-0.2, 0) is 17.8 Å². The summed E-state index contributed by atoms with van der Waals surface area (Å²) in [6.07, 6.45) is 0.793. The molecule has 0 saturated heterocycles. The van der Waals surface area contributed by atoms with Gasteiger partial charge < -0.3 is 9.88 Å². The van der Waals surface area contributed by atoms with Crippen molar-refractivity contribution in [2.24, 2.45) is 0 Å². The molecule has 0 unspecified atom stereocenters. The molecule has 0 aliphatic carbocycles. The number of hydrogen-bond acceptors (Lipinski definition) is 5. The highest BCUT2D eigenvalue weighted by Gasteiger charge is 2.13. The van der Waals surface area contributed by atoms with Gasteiger partial charge in [-0.2, -0.15) is 5.26 Å². The maximum Gasteiger partial charge on any atom is 0.234 e. The molecule has 1 amide bonds. The third-order valence-electron chi connectivity index (χ3n) is 3.13. The van der Waals surface area contributed by atoms with Gasteiger partial charge in [0.1, 0.15) is 11.9 Å². The number of rotatable bonds is 6. The minimum atomic E-state index is -0.225. The van der Waals surface area contributed by atoms with Crippen LogP contribution in [-0.4, -0.2) is 26.4 Å². The number of aromatic nitrogens is 3. The molecule has 2 aromatic rings. The molecule has 1 aromatic carbocycles. The van der Waals surface area contributed by atoms with Crippen LogP contribution in [0.4, 0.5) is 5.69 Å². The first kappa shape index (κ1) is 17.3. The normalized spacial score (nSPS) is 10.3. The van der Waals surface area contributed by atoms with Gasteiger partial charge in [0.05, 0.1) is 17.0 Å². The zero-order chi connectivity index (χ0) is 16.8. The molecule has 0 fully saturated rings. The van der Waals surface area contributed by atoms with Crippen molar-refractivity contribution in [1.82, 2.24) is 14.8 Å². The second kappa shape index (κ2) is 7.99. The first-order chi connectivity index (χ1) is 11.1. The molecule has 1 aromatic heterocycles. The van der Waals surface area contributed by atoms with Crippen LogP contribution < -0.4 is 5.32 Å². The third kappa shape index (κ3) is 4.24. The van der Waals surface area contributed by atoms with E-state index in [0.29, 0.717) is 21.4 Å². The van der Waals surface area contributed by atoms with E-state index in [-0.39, 0.29) is 11.7 Å². The van der Waals surface area contributed by atoms with Crippen molar-refractivity contribution in [3.8, 4) is 6.07 Å². The summed E-state index contributed by atoms with van der Waals surface area (Å²) in [5.41, 5.74) is 0.787. The molecule has 6 nitrogen and oxygen atoms in total. The Morgan fingerprint density at radius 1 is 1.43 bits per heavy atom. The summed E-state index contributed by atoms with van der Waals surface area (Å²) >= 11 is 7.22. The molecule has 2 rings (SSSR count). The number of nitrogens with one attached hydrogen (secondary N) is 1. The van der Waals surface area contributed by atoms with Crippen molar-refractivity contribution in [2.75, 3.05) is 11.1 Å². The number of carbonyl (C=O) groups is 1. The van der Waals surface area contributed by atoms with Crippen LogP contribution in [0, 0.1) is 11.3 Å². The average molecular weight is 350 g/mol. The fourth-order valence-corrected chi connectivity index (χ4v) is 3.03. The lowest BCUT2D eigenvalue weighted by Crippen LogP contribution is -2.15. The second-order valence-corrected chi connectivity index (χ2v) is 6.01. The van der Waals surface area contributed by atoms with E-state index in [1.165, 1.54) is 11.8 Å². The molecule has 0 saturated carbocycles. The van der Waals surface area contributed by atoms with Gasteiger partial charge in [-0.1, -0.05) is 30.3 Å². The molecule has 8 heteroatoms. The highest BCUT2D eigenvalue weighted by atomic mass is 35.5. The Hall–Kier alpha value is -2.04. The molecular weight excluding hydrogens is 334 g/mol. The van der Waals surface area contributed by atoms with Crippen molar-refractivity contribution in [1.29, 1.82) is 5.26 Å². The number of hydrogen-bond donors (Lipinski definition) is 1. The summed E-state index contributed by atoms with van der Waals surface area (Å²) in [6.45, 7) is 4.78.